The molecule has 0 amide bonds. The van der Waals surface area contributed by atoms with Crippen LogP contribution < -0.4 is 10.4 Å². The molecule has 0 spiro atoms. The van der Waals surface area contributed by atoms with Crippen molar-refractivity contribution < 1.29 is 13.4 Å². The number of rotatable bonds is 4. The van der Waals surface area contributed by atoms with Crippen molar-refractivity contribution >= 4 is 33.4 Å². The Morgan fingerprint density at radius 2 is 1.84 bits per heavy atom. The summed E-state index contributed by atoms with van der Waals surface area (Å²) in [6, 6.07) is 15.2. The fourth-order valence-electron chi connectivity index (χ4n) is 2.17. The molecule has 0 bridgehead atoms. The van der Waals surface area contributed by atoms with Gasteiger partial charge >= 0.3 is 5.63 Å². The lowest BCUT2D eigenvalue weighted by Crippen LogP contribution is -2.04. The fourth-order valence-corrected chi connectivity index (χ4v) is 3.32. The van der Waals surface area contributed by atoms with Crippen LogP contribution in [0.1, 0.15) is 0 Å². The van der Waals surface area contributed by atoms with E-state index >= 15 is 0 Å². The largest absolute Gasteiger partial charge is 0.481 e. The average molecular weight is 373 g/mol. The Kier molecular flexibility index (Phi) is 5.54. The van der Waals surface area contributed by atoms with Gasteiger partial charge in [0.2, 0.25) is 0 Å². The molecule has 6 heteroatoms. The van der Waals surface area contributed by atoms with Crippen LogP contribution in [0, 0.1) is 11.8 Å². The predicted octanol–water partition coefficient (Wildman–Crippen LogP) is 3.64. The van der Waals surface area contributed by atoms with Crippen molar-refractivity contribution in [2.24, 2.45) is 0 Å². The molecule has 3 aromatic rings. The molecular formula is C19H13ClO4S. The third kappa shape index (κ3) is 4.50. The molecular weight excluding hydrogens is 360 g/mol. The molecule has 25 heavy (non-hydrogen) atoms. The maximum Gasteiger partial charge on any atom is 0.337 e. The third-order valence-corrected chi connectivity index (χ3v) is 4.80. The highest BCUT2D eigenvalue weighted by molar-refractivity contribution is 7.85. The lowest BCUT2D eigenvalue weighted by atomic mass is 10.2. The van der Waals surface area contributed by atoms with Crippen LogP contribution in [0.5, 0.6) is 5.75 Å². The molecule has 126 valence electrons. The van der Waals surface area contributed by atoms with Crippen molar-refractivity contribution in [2.45, 2.75) is 4.90 Å². The van der Waals surface area contributed by atoms with Gasteiger partial charge in [-0.25, -0.2) is 4.79 Å². The van der Waals surface area contributed by atoms with Crippen LogP contribution in [0.25, 0.3) is 11.0 Å². The van der Waals surface area contributed by atoms with Crippen molar-refractivity contribution in [3.05, 3.63) is 70.0 Å². The molecule has 0 saturated heterocycles. The van der Waals surface area contributed by atoms with Crippen LogP contribution in [0.4, 0.5) is 0 Å². The number of benzene rings is 2. The summed E-state index contributed by atoms with van der Waals surface area (Å²) >= 11 is 5.79. The summed E-state index contributed by atoms with van der Waals surface area (Å²) in [5, 5.41) is 1.29. The summed E-state index contributed by atoms with van der Waals surface area (Å²) in [5.41, 5.74) is -0.113. The molecule has 1 heterocycles. The minimum Gasteiger partial charge on any atom is -0.481 e. The Morgan fingerprint density at radius 3 is 2.64 bits per heavy atom. The summed E-state index contributed by atoms with van der Waals surface area (Å²) in [7, 11) is -1.43. The highest BCUT2D eigenvalue weighted by atomic mass is 35.5. The van der Waals surface area contributed by atoms with Crippen molar-refractivity contribution in [3.63, 3.8) is 0 Å². The van der Waals surface area contributed by atoms with Crippen molar-refractivity contribution in [1.82, 2.24) is 0 Å². The Hall–Kier alpha value is -2.55. The van der Waals surface area contributed by atoms with E-state index in [0.717, 1.165) is 0 Å². The molecule has 1 aromatic heterocycles. The minimum atomic E-state index is -1.43. The molecule has 2 aromatic carbocycles. The number of para-hydroxylation sites is 1. The molecule has 0 saturated carbocycles. The smallest absolute Gasteiger partial charge is 0.337 e. The van der Waals surface area contributed by atoms with Gasteiger partial charge in [0.25, 0.3) is 0 Å². The third-order valence-electron chi connectivity index (χ3n) is 3.31. The van der Waals surface area contributed by atoms with Gasteiger partial charge in [-0.3, -0.25) is 4.21 Å². The molecule has 1 unspecified atom stereocenters. The van der Waals surface area contributed by atoms with E-state index in [-0.39, 0.29) is 12.4 Å². The monoisotopic (exact) mass is 372 g/mol. The first kappa shape index (κ1) is 17.3. The number of ether oxygens (including phenoxy) is 1. The van der Waals surface area contributed by atoms with E-state index in [1.165, 1.54) is 6.07 Å². The lowest BCUT2D eigenvalue weighted by molar-refractivity contribution is 0.370. The SMILES string of the molecule is O=c1cc(S(=O)CC#CCOc2ccc(Cl)cc2)c2ccccc2o1. The summed E-state index contributed by atoms with van der Waals surface area (Å²) in [6.07, 6.45) is 0. The van der Waals surface area contributed by atoms with Crippen molar-refractivity contribution in [1.29, 1.82) is 0 Å². The van der Waals surface area contributed by atoms with E-state index in [9.17, 15) is 9.00 Å². The first-order valence-corrected chi connectivity index (χ1v) is 9.08. The average Bonchev–Trinajstić information content (AvgIpc) is 2.62. The second-order valence-electron chi connectivity index (χ2n) is 5.01. The van der Waals surface area contributed by atoms with Crippen LogP contribution in [0.2, 0.25) is 5.02 Å². The van der Waals surface area contributed by atoms with E-state index in [0.29, 0.717) is 26.6 Å². The van der Waals surface area contributed by atoms with Crippen LogP contribution in [-0.2, 0) is 10.8 Å². The fraction of sp³-hybridized carbons (Fsp3) is 0.105. The Bertz CT molecular complexity index is 1030. The molecule has 0 fully saturated rings. The minimum absolute atomic E-state index is 0.109. The zero-order valence-electron chi connectivity index (χ0n) is 13.0. The molecule has 1 atom stereocenters. The van der Waals surface area contributed by atoms with Crippen LogP contribution in [0.15, 0.2) is 68.7 Å². The number of fused-ring (bicyclic) bond motifs is 1. The van der Waals surface area contributed by atoms with E-state index in [4.69, 9.17) is 20.8 Å². The first-order chi connectivity index (χ1) is 12.1. The van der Waals surface area contributed by atoms with Gasteiger partial charge in [0, 0.05) is 16.5 Å². The summed E-state index contributed by atoms with van der Waals surface area (Å²) in [6.45, 7) is 0.177. The predicted molar refractivity (Wildman–Crippen MR) is 98.5 cm³/mol. The van der Waals surface area contributed by atoms with Crippen molar-refractivity contribution in [3.8, 4) is 17.6 Å². The maximum absolute atomic E-state index is 12.5. The zero-order chi connectivity index (χ0) is 17.6. The van der Waals surface area contributed by atoms with E-state index in [1.54, 1.807) is 48.5 Å². The molecule has 0 aliphatic rings. The Balaban J connectivity index is 1.66. The van der Waals surface area contributed by atoms with Gasteiger partial charge in [-0.1, -0.05) is 41.6 Å². The quantitative estimate of drug-likeness (QED) is 0.518. The van der Waals surface area contributed by atoms with Gasteiger partial charge < -0.3 is 9.15 Å². The molecule has 0 aliphatic carbocycles. The molecule has 0 radical (unpaired) electrons. The Labute approximate surface area is 151 Å². The zero-order valence-corrected chi connectivity index (χ0v) is 14.6. The van der Waals surface area contributed by atoms with Gasteiger partial charge in [-0.2, -0.15) is 0 Å². The summed E-state index contributed by atoms with van der Waals surface area (Å²) in [4.78, 5) is 12.0. The molecule has 0 N–H and O–H groups in total. The van der Waals surface area contributed by atoms with Crippen LogP contribution in [-0.4, -0.2) is 16.6 Å². The molecule has 3 rings (SSSR count). The van der Waals surface area contributed by atoms with Gasteiger partial charge in [0.15, 0.2) is 0 Å². The van der Waals surface area contributed by atoms with Gasteiger partial charge in [0.1, 0.15) is 17.9 Å². The van der Waals surface area contributed by atoms with E-state index in [1.807, 2.05) is 0 Å². The number of halogens is 1. The first-order valence-electron chi connectivity index (χ1n) is 7.39. The van der Waals surface area contributed by atoms with Crippen molar-refractivity contribution in [2.75, 3.05) is 12.4 Å². The topological polar surface area (TPSA) is 56.5 Å². The molecule has 4 nitrogen and oxygen atoms in total. The lowest BCUT2D eigenvalue weighted by Gasteiger charge is -2.03. The van der Waals surface area contributed by atoms with E-state index < -0.39 is 16.4 Å². The number of hydrogen-bond acceptors (Lipinski definition) is 4. The summed E-state index contributed by atoms with van der Waals surface area (Å²) < 4.78 is 23.0. The Morgan fingerprint density at radius 1 is 1.08 bits per heavy atom. The van der Waals surface area contributed by atoms with Gasteiger partial charge in [-0.15, -0.1) is 0 Å². The number of hydrogen-bond donors (Lipinski definition) is 0. The normalized spacial score (nSPS) is 11.6. The van der Waals surface area contributed by atoms with Gasteiger partial charge in [-0.05, 0) is 30.3 Å². The van der Waals surface area contributed by atoms with Gasteiger partial charge in [0.05, 0.1) is 21.4 Å². The molecule has 0 aliphatic heterocycles. The maximum atomic E-state index is 12.5. The standard InChI is InChI=1S/C19H13ClO4S/c20-14-7-9-15(10-8-14)23-11-3-4-12-25(22)18-13-19(21)24-17-6-2-1-5-16(17)18/h1-2,5-10,13H,11-12H2. The second-order valence-corrected chi connectivity index (χ2v) is 6.87. The van der Waals surface area contributed by atoms with E-state index in [2.05, 4.69) is 11.8 Å². The second kappa shape index (κ2) is 8.02. The summed E-state index contributed by atoms with van der Waals surface area (Å²) in [5.74, 6) is 6.39. The van der Waals surface area contributed by atoms with Crippen LogP contribution >= 0.6 is 11.6 Å². The highest BCUT2D eigenvalue weighted by Gasteiger charge is 2.10. The van der Waals surface area contributed by atoms with Crippen LogP contribution in [0.3, 0.4) is 0 Å². The highest BCUT2D eigenvalue weighted by Crippen LogP contribution is 2.19.